The SMILES string of the molecule is CCNC(=NCCc1ccc(C)nc1)N1CCC(NC(=O)OC(C)(C)C)C1.I. The fourth-order valence-corrected chi connectivity index (χ4v) is 2.91. The number of hydrogen-bond acceptors (Lipinski definition) is 4. The van der Waals surface area contributed by atoms with E-state index >= 15 is 0 Å². The van der Waals surface area contributed by atoms with Gasteiger partial charge in [-0.3, -0.25) is 9.98 Å². The fourth-order valence-electron chi connectivity index (χ4n) is 2.91. The lowest BCUT2D eigenvalue weighted by Gasteiger charge is -2.23. The average Bonchev–Trinajstić information content (AvgIpc) is 3.02. The van der Waals surface area contributed by atoms with Crippen LogP contribution in [0.15, 0.2) is 23.3 Å². The first-order chi connectivity index (χ1) is 12.8. The number of ether oxygens (including phenoxy) is 1. The van der Waals surface area contributed by atoms with E-state index in [0.717, 1.165) is 44.1 Å². The summed E-state index contributed by atoms with van der Waals surface area (Å²) >= 11 is 0. The molecule has 1 fully saturated rings. The maximum atomic E-state index is 12.0. The van der Waals surface area contributed by atoms with Gasteiger partial charge in [-0.1, -0.05) is 6.07 Å². The van der Waals surface area contributed by atoms with E-state index in [-0.39, 0.29) is 36.1 Å². The van der Waals surface area contributed by atoms with Crippen LogP contribution in [0.3, 0.4) is 0 Å². The number of hydrogen-bond donors (Lipinski definition) is 2. The Morgan fingerprint density at radius 3 is 2.75 bits per heavy atom. The standard InChI is InChI=1S/C20H33N5O2.HI/c1-6-21-18(22-11-9-16-8-7-15(2)23-13-16)25-12-10-17(14-25)24-19(26)27-20(3,4)5;/h7-8,13,17H,6,9-12,14H2,1-5H3,(H,21,22)(H,24,26);1H. The van der Waals surface area contributed by atoms with E-state index in [9.17, 15) is 4.79 Å². The average molecular weight is 503 g/mol. The van der Waals surface area contributed by atoms with E-state index in [1.54, 1.807) is 0 Å². The van der Waals surface area contributed by atoms with Gasteiger partial charge in [-0.25, -0.2) is 4.79 Å². The molecule has 158 valence electrons. The number of guanidine groups is 1. The highest BCUT2D eigenvalue weighted by molar-refractivity contribution is 14.0. The number of pyridine rings is 1. The number of nitrogens with one attached hydrogen (secondary N) is 2. The Labute approximate surface area is 185 Å². The number of halogens is 1. The molecule has 8 heteroatoms. The number of carbonyl (C=O) groups is 1. The van der Waals surface area contributed by atoms with Crippen LogP contribution in [-0.2, 0) is 11.2 Å². The Hall–Kier alpha value is -1.58. The number of aromatic nitrogens is 1. The zero-order valence-corrected chi connectivity index (χ0v) is 19.9. The van der Waals surface area contributed by atoms with Crippen LogP contribution in [0, 0.1) is 6.92 Å². The molecule has 0 radical (unpaired) electrons. The highest BCUT2D eigenvalue weighted by Crippen LogP contribution is 2.12. The van der Waals surface area contributed by atoms with Gasteiger partial charge in [0.05, 0.1) is 6.04 Å². The summed E-state index contributed by atoms with van der Waals surface area (Å²) in [5.41, 5.74) is 1.73. The molecule has 0 saturated carbocycles. The predicted molar refractivity (Wildman–Crippen MR) is 123 cm³/mol. The largest absolute Gasteiger partial charge is 0.444 e. The molecule has 1 unspecified atom stereocenters. The minimum Gasteiger partial charge on any atom is -0.444 e. The Morgan fingerprint density at radius 1 is 1.39 bits per heavy atom. The van der Waals surface area contributed by atoms with Crippen molar-refractivity contribution >= 4 is 36.0 Å². The highest BCUT2D eigenvalue weighted by atomic mass is 127. The van der Waals surface area contributed by atoms with Crippen LogP contribution in [-0.4, -0.2) is 59.8 Å². The van der Waals surface area contributed by atoms with Gasteiger partial charge < -0.3 is 20.3 Å². The van der Waals surface area contributed by atoms with E-state index < -0.39 is 5.60 Å². The van der Waals surface area contributed by atoms with E-state index in [4.69, 9.17) is 9.73 Å². The van der Waals surface area contributed by atoms with Crippen LogP contribution < -0.4 is 10.6 Å². The van der Waals surface area contributed by atoms with Crippen molar-refractivity contribution in [3.8, 4) is 0 Å². The molecule has 1 aliphatic heterocycles. The Morgan fingerprint density at radius 2 is 2.14 bits per heavy atom. The Bertz CT molecular complexity index is 643. The van der Waals surface area contributed by atoms with Crippen molar-refractivity contribution in [3.05, 3.63) is 29.6 Å². The molecule has 0 bridgehead atoms. The molecule has 1 saturated heterocycles. The molecular weight excluding hydrogens is 469 g/mol. The van der Waals surface area contributed by atoms with Crippen molar-refractivity contribution in [2.45, 2.75) is 59.1 Å². The third-order valence-electron chi connectivity index (χ3n) is 4.18. The van der Waals surface area contributed by atoms with E-state index in [1.807, 2.05) is 40.0 Å². The van der Waals surface area contributed by atoms with Crippen LogP contribution in [0.5, 0.6) is 0 Å². The molecule has 1 aromatic rings. The molecule has 2 heterocycles. The van der Waals surface area contributed by atoms with Crippen LogP contribution in [0.2, 0.25) is 0 Å². The molecule has 2 N–H and O–H groups in total. The summed E-state index contributed by atoms with van der Waals surface area (Å²) in [5.74, 6) is 0.894. The molecule has 7 nitrogen and oxygen atoms in total. The summed E-state index contributed by atoms with van der Waals surface area (Å²) in [6.07, 6.45) is 3.29. The first-order valence-corrected chi connectivity index (χ1v) is 9.71. The van der Waals surface area contributed by atoms with Gasteiger partial charge in [0.15, 0.2) is 5.96 Å². The molecule has 1 aliphatic rings. The molecule has 28 heavy (non-hydrogen) atoms. The molecule has 1 amide bonds. The number of aryl methyl sites for hydroxylation is 1. The van der Waals surface area contributed by atoms with Gasteiger partial charge in [0.2, 0.25) is 0 Å². The summed E-state index contributed by atoms with van der Waals surface area (Å²) in [6, 6.07) is 4.20. The van der Waals surface area contributed by atoms with E-state index in [2.05, 4.69) is 33.5 Å². The lowest BCUT2D eigenvalue weighted by molar-refractivity contribution is 0.0507. The van der Waals surface area contributed by atoms with Crippen LogP contribution in [0.1, 0.15) is 45.4 Å². The minimum atomic E-state index is -0.483. The van der Waals surface area contributed by atoms with Crippen LogP contribution in [0.4, 0.5) is 4.79 Å². The first kappa shape index (κ1) is 24.5. The summed E-state index contributed by atoms with van der Waals surface area (Å²) in [6.45, 7) is 12.8. The number of amides is 1. The van der Waals surface area contributed by atoms with E-state index in [1.165, 1.54) is 5.56 Å². The third kappa shape index (κ3) is 8.62. The predicted octanol–water partition coefficient (Wildman–Crippen LogP) is 3.12. The second kappa shape index (κ2) is 11.4. The first-order valence-electron chi connectivity index (χ1n) is 9.71. The van der Waals surface area contributed by atoms with Crippen LogP contribution in [0.25, 0.3) is 0 Å². The molecule has 1 atom stereocenters. The van der Waals surface area contributed by atoms with E-state index in [0.29, 0.717) is 6.54 Å². The van der Waals surface area contributed by atoms with Gasteiger partial charge in [-0.2, -0.15) is 0 Å². The van der Waals surface area contributed by atoms with Crippen molar-refractivity contribution in [1.82, 2.24) is 20.5 Å². The van der Waals surface area contributed by atoms with Crippen LogP contribution >= 0.6 is 24.0 Å². The van der Waals surface area contributed by atoms with Crippen molar-refractivity contribution in [3.63, 3.8) is 0 Å². The second-order valence-electron chi connectivity index (χ2n) is 7.87. The van der Waals surface area contributed by atoms with Gasteiger partial charge in [0, 0.05) is 38.1 Å². The quantitative estimate of drug-likeness (QED) is 0.367. The van der Waals surface area contributed by atoms with Crippen molar-refractivity contribution in [2.75, 3.05) is 26.2 Å². The highest BCUT2D eigenvalue weighted by Gasteiger charge is 2.27. The topological polar surface area (TPSA) is 78.9 Å². The van der Waals surface area contributed by atoms with Crippen molar-refractivity contribution in [2.24, 2.45) is 4.99 Å². The Kier molecular flexibility index (Phi) is 9.98. The molecule has 0 spiro atoms. The number of rotatable bonds is 5. The summed E-state index contributed by atoms with van der Waals surface area (Å²) in [4.78, 5) is 23.2. The maximum Gasteiger partial charge on any atom is 0.407 e. The zero-order chi connectivity index (χ0) is 19.9. The molecule has 0 aromatic carbocycles. The number of likely N-dealkylation sites (tertiary alicyclic amines) is 1. The van der Waals surface area contributed by atoms with Crippen molar-refractivity contribution < 1.29 is 9.53 Å². The number of nitrogens with zero attached hydrogens (tertiary/aromatic N) is 3. The smallest absolute Gasteiger partial charge is 0.407 e. The normalized spacial score (nSPS) is 17.1. The Balaban J connectivity index is 0.00000392. The van der Waals surface area contributed by atoms with Gasteiger partial charge in [0.1, 0.15) is 5.60 Å². The fraction of sp³-hybridized carbons (Fsp3) is 0.650. The summed E-state index contributed by atoms with van der Waals surface area (Å²) < 4.78 is 5.34. The second-order valence-corrected chi connectivity index (χ2v) is 7.87. The summed E-state index contributed by atoms with van der Waals surface area (Å²) in [5, 5.41) is 6.30. The molecular formula is C20H34IN5O2. The maximum absolute atomic E-state index is 12.0. The molecule has 2 rings (SSSR count). The van der Waals surface area contributed by atoms with Gasteiger partial charge in [-0.15, -0.1) is 24.0 Å². The minimum absolute atomic E-state index is 0. The third-order valence-corrected chi connectivity index (χ3v) is 4.18. The lowest BCUT2D eigenvalue weighted by atomic mass is 10.2. The van der Waals surface area contributed by atoms with Gasteiger partial charge in [0.25, 0.3) is 0 Å². The number of carbonyl (C=O) groups excluding carboxylic acids is 1. The van der Waals surface area contributed by atoms with Crippen molar-refractivity contribution in [1.29, 1.82) is 0 Å². The summed E-state index contributed by atoms with van der Waals surface area (Å²) in [7, 11) is 0. The van der Waals surface area contributed by atoms with Gasteiger partial charge >= 0.3 is 6.09 Å². The van der Waals surface area contributed by atoms with Gasteiger partial charge in [-0.05, 0) is 59.1 Å². The number of aliphatic imine (C=N–C) groups is 1. The number of alkyl carbamates (subject to hydrolysis) is 1. The molecule has 1 aromatic heterocycles. The molecule has 0 aliphatic carbocycles. The lowest BCUT2D eigenvalue weighted by Crippen LogP contribution is -2.44. The monoisotopic (exact) mass is 503 g/mol. The zero-order valence-electron chi connectivity index (χ0n) is 17.6.